The van der Waals surface area contributed by atoms with E-state index in [1.807, 2.05) is 12.1 Å². The van der Waals surface area contributed by atoms with E-state index >= 15 is 0 Å². The van der Waals surface area contributed by atoms with Crippen molar-refractivity contribution in [2.75, 3.05) is 18.2 Å². The maximum atomic E-state index is 5.34. The van der Waals surface area contributed by atoms with E-state index in [1.54, 1.807) is 18.9 Å². The van der Waals surface area contributed by atoms with Gasteiger partial charge >= 0.3 is 0 Å². The SMILES string of the molecule is CCC1(C)CCSC(Nc2cc(OC)c(Br)cc2Br)=N1. The Hall–Kier alpha value is -0.200. The van der Waals surface area contributed by atoms with E-state index in [0.717, 1.165) is 44.1 Å². The molecule has 1 aromatic rings. The molecule has 1 aromatic carbocycles. The molecule has 0 spiro atoms. The molecule has 1 heterocycles. The second-order valence-electron chi connectivity index (χ2n) is 4.96. The molecular weight excluding hydrogens is 404 g/mol. The van der Waals surface area contributed by atoms with Crippen molar-refractivity contribution in [3.63, 3.8) is 0 Å². The normalized spacial score (nSPS) is 22.4. The summed E-state index contributed by atoms with van der Waals surface area (Å²) in [5, 5.41) is 4.38. The molecule has 0 amide bonds. The standard InChI is InChI=1S/C14H18Br2N2OS/c1-4-14(2)5-6-20-13(18-14)17-11-8-12(19-3)10(16)7-9(11)15/h7-8H,4-6H2,1-3H3,(H,17,18). The van der Waals surface area contributed by atoms with Gasteiger partial charge in [-0.25, -0.2) is 0 Å². The highest BCUT2D eigenvalue weighted by Gasteiger charge is 2.26. The smallest absolute Gasteiger partial charge is 0.161 e. The van der Waals surface area contributed by atoms with Crippen LogP contribution in [-0.2, 0) is 0 Å². The molecule has 6 heteroatoms. The number of anilines is 1. The minimum atomic E-state index is 0.0551. The second-order valence-corrected chi connectivity index (χ2v) is 7.75. The minimum absolute atomic E-state index is 0.0551. The zero-order valence-electron chi connectivity index (χ0n) is 11.8. The number of halogens is 2. The maximum Gasteiger partial charge on any atom is 0.161 e. The van der Waals surface area contributed by atoms with Gasteiger partial charge in [0.2, 0.25) is 0 Å². The Morgan fingerprint density at radius 3 is 2.80 bits per heavy atom. The third-order valence-corrected chi connectivity index (χ3v) is 5.65. The zero-order valence-corrected chi connectivity index (χ0v) is 15.8. The number of hydrogen-bond acceptors (Lipinski definition) is 4. The molecule has 1 unspecified atom stereocenters. The van der Waals surface area contributed by atoms with Crippen molar-refractivity contribution in [3.05, 3.63) is 21.1 Å². The molecule has 110 valence electrons. The van der Waals surface area contributed by atoms with Gasteiger partial charge in [0.25, 0.3) is 0 Å². The zero-order chi connectivity index (χ0) is 14.8. The summed E-state index contributed by atoms with van der Waals surface area (Å²) in [5.74, 6) is 1.90. The van der Waals surface area contributed by atoms with Crippen molar-refractivity contribution in [3.8, 4) is 5.75 Å². The second kappa shape index (κ2) is 6.71. The lowest BCUT2D eigenvalue weighted by atomic mass is 9.97. The number of aliphatic imine (C=N–C) groups is 1. The van der Waals surface area contributed by atoms with Gasteiger partial charge < -0.3 is 10.1 Å². The minimum Gasteiger partial charge on any atom is -0.495 e. The fraction of sp³-hybridized carbons (Fsp3) is 0.500. The molecule has 0 radical (unpaired) electrons. The van der Waals surface area contributed by atoms with Gasteiger partial charge in [0, 0.05) is 16.3 Å². The molecule has 0 bridgehead atoms. The van der Waals surface area contributed by atoms with E-state index in [-0.39, 0.29) is 5.54 Å². The molecule has 3 nitrogen and oxygen atoms in total. The fourth-order valence-electron chi connectivity index (χ4n) is 1.92. The number of amidine groups is 1. The first-order chi connectivity index (χ1) is 9.47. The van der Waals surface area contributed by atoms with E-state index in [9.17, 15) is 0 Å². The summed E-state index contributed by atoms with van der Waals surface area (Å²) in [4.78, 5) is 4.84. The summed E-state index contributed by atoms with van der Waals surface area (Å²) >= 11 is 8.82. The fourth-order valence-corrected chi connectivity index (χ4v) is 4.37. The van der Waals surface area contributed by atoms with Gasteiger partial charge in [0.15, 0.2) is 5.17 Å². The molecule has 1 atom stereocenters. The van der Waals surface area contributed by atoms with Crippen molar-refractivity contribution in [2.45, 2.75) is 32.2 Å². The van der Waals surface area contributed by atoms with E-state index < -0.39 is 0 Å². The Morgan fingerprint density at radius 1 is 1.40 bits per heavy atom. The number of hydrogen-bond donors (Lipinski definition) is 1. The van der Waals surface area contributed by atoms with E-state index in [4.69, 9.17) is 9.73 Å². The topological polar surface area (TPSA) is 33.6 Å². The largest absolute Gasteiger partial charge is 0.495 e. The van der Waals surface area contributed by atoms with E-state index in [2.05, 4.69) is 51.0 Å². The number of methoxy groups -OCH3 is 1. The Morgan fingerprint density at radius 2 is 2.15 bits per heavy atom. The average molecular weight is 422 g/mol. The van der Waals surface area contributed by atoms with Crippen LogP contribution in [-0.4, -0.2) is 23.6 Å². The van der Waals surface area contributed by atoms with Crippen molar-refractivity contribution in [2.24, 2.45) is 4.99 Å². The average Bonchev–Trinajstić information content (AvgIpc) is 2.42. The number of thioether (sulfide) groups is 1. The number of ether oxygens (including phenoxy) is 1. The van der Waals surface area contributed by atoms with Gasteiger partial charge in [-0.3, -0.25) is 4.99 Å². The predicted molar refractivity (Wildman–Crippen MR) is 95.2 cm³/mol. The van der Waals surface area contributed by atoms with Crippen LogP contribution in [0.1, 0.15) is 26.7 Å². The first-order valence-electron chi connectivity index (χ1n) is 6.50. The summed E-state index contributed by atoms with van der Waals surface area (Å²) in [6.45, 7) is 4.40. The van der Waals surface area contributed by atoms with Gasteiger partial charge in [-0.05, 0) is 57.7 Å². The predicted octanol–water partition coefficient (Wildman–Crippen LogP) is 5.29. The Kier molecular flexibility index (Phi) is 5.42. The highest BCUT2D eigenvalue weighted by Crippen LogP contribution is 2.36. The molecule has 1 N–H and O–H groups in total. The molecule has 0 saturated heterocycles. The van der Waals surface area contributed by atoms with Gasteiger partial charge in [0.05, 0.1) is 22.8 Å². The molecule has 0 saturated carbocycles. The van der Waals surface area contributed by atoms with Crippen LogP contribution in [0.5, 0.6) is 5.75 Å². The first kappa shape index (κ1) is 16.2. The van der Waals surface area contributed by atoms with Crippen LogP contribution in [0, 0.1) is 0 Å². The summed E-state index contributed by atoms with van der Waals surface area (Å²) < 4.78 is 7.25. The number of benzene rings is 1. The van der Waals surface area contributed by atoms with Crippen LogP contribution in [0.2, 0.25) is 0 Å². The molecule has 1 aliphatic rings. The van der Waals surface area contributed by atoms with Gasteiger partial charge in [-0.15, -0.1) is 0 Å². The maximum absolute atomic E-state index is 5.34. The van der Waals surface area contributed by atoms with Crippen LogP contribution in [0.25, 0.3) is 0 Å². The van der Waals surface area contributed by atoms with E-state index in [1.165, 1.54) is 0 Å². The van der Waals surface area contributed by atoms with Gasteiger partial charge in [-0.2, -0.15) is 0 Å². The van der Waals surface area contributed by atoms with Crippen molar-refractivity contribution >= 4 is 54.5 Å². The highest BCUT2D eigenvalue weighted by molar-refractivity contribution is 9.11. The molecular formula is C14H18Br2N2OS. The van der Waals surface area contributed by atoms with E-state index in [0.29, 0.717) is 0 Å². The van der Waals surface area contributed by atoms with Gasteiger partial charge in [0.1, 0.15) is 5.75 Å². The molecule has 0 fully saturated rings. The van der Waals surface area contributed by atoms with Crippen LogP contribution < -0.4 is 10.1 Å². The van der Waals surface area contributed by atoms with Crippen molar-refractivity contribution in [1.29, 1.82) is 0 Å². The van der Waals surface area contributed by atoms with Gasteiger partial charge in [-0.1, -0.05) is 18.7 Å². The van der Waals surface area contributed by atoms with Crippen LogP contribution >= 0.6 is 43.6 Å². The molecule has 2 rings (SSSR count). The number of nitrogens with one attached hydrogen (secondary N) is 1. The van der Waals surface area contributed by atoms with Crippen LogP contribution in [0.15, 0.2) is 26.1 Å². The van der Waals surface area contributed by atoms with Crippen molar-refractivity contribution < 1.29 is 4.74 Å². The van der Waals surface area contributed by atoms with Crippen molar-refractivity contribution in [1.82, 2.24) is 0 Å². The summed E-state index contributed by atoms with van der Waals surface area (Å²) in [6.07, 6.45) is 2.19. The lowest BCUT2D eigenvalue weighted by molar-refractivity contribution is 0.412. The lowest BCUT2D eigenvalue weighted by Crippen LogP contribution is -2.29. The molecule has 1 aliphatic heterocycles. The Labute approximate surface area is 141 Å². The monoisotopic (exact) mass is 420 g/mol. The Bertz CT molecular complexity index is 536. The molecule has 0 aliphatic carbocycles. The molecule has 0 aromatic heterocycles. The summed E-state index contributed by atoms with van der Waals surface area (Å²) in [7, 11) is 1.67. The number of nitrogens with zero attached hydrogens (tertiary/aromatic N) is 1. The van der Waals surface area contributed by atoms with Crippen LogP contribution in [0.3, 0.4) is 0 Å². The summed E-state index contributed by atoms with van der Waals surface area (Å²) in [5.41, 5.74) is 1.02. The number of rotatable bonds is 3. The quantitative estimate of drug-likeness (QED) is 0.719. The summed E-state index contributed by atoms with van der Waals surface area (Å²) in [6, 6.07) is 3.95. The highest BCUT2D eigenvalue weighted by atomic mass is 79.9. The third kappa shape index (κ3) is 3.71. The molecule has 20 heavy (non-hydrogen) atoms. The first-order valence-corrected chi connectivity index (χ1v) is 9.07. The lowest BCUT2D eigenvalue weighted by Gasteiger charge is -2.29. The third-order valence-electron chi connectivity index (χ3n) is 3.50. The van der Waals surface area contributed by atoms with Crippen LogP contribution in [0.4, 0.5) is 5.69 Å². The Balaban J connectivity index is 2.26.